The lowest BCUT2D eigenvalue weighted by molar-refractivity contribution is -0.00958. The third-order valence-electron chi connectivity index (χ3n) is 6.07. The van der Waals surface area contributed by atoms with Crippen LogP contribution >= 0.6 is 7.82 Å². The Morgan fingerprint density at radius 1 is 1.08 bits per heavy atom. The topological polar surface area (TPSA) is 164 Å². The highest BCUT2D eigenvalue weighted by molar-refractivity contribution is 7.46. The van der Waals surface area contributed by atoms with Gasteiger partial charge in [-0.25, -0.2) is 9.55 Å². The van der Waals surface area contributed by atoms with Crippen molar-refractivity contribution in [2.75, 3.05) is 40.4 Å². The number of rotatable bonds is 9. The Labute approximate surface area is 212 Å². The molecule has 1 amide bonds. The molecule has 0 spiro atoms. The minimum Gasteiger partial charge on any atom is -0.494 e. The third-order valence-corrected chi connectivity index (χ3v) is 6.52. The standard InChI is InChI=1S/C23H27N4O9P/c1-34-17-12-24-21(35-2)19-18(17)16(13-27(19)14-36-37(31,32)33)20(28)23(30)26-10-8-25(9-11-26)22(29)15-6-4-3-5-7-15/h3-7,12-13,23,30H,8-11,14H2,1-2H3,(H2,31,32,33). The summed E-state index contributed by atoms with van der Waals surface area (Å²) in [6, 6.07) is 8.86. The van der Waals surface area contributed by atoms with Crippen LogP contribution in [0.15, 0.2) is 42.7 Å². The molecule has 2 aromatic heterocycles. The van der Waals surface area contributed by atoms with E-state index >= 15 is 0 Å². The van der Waals surface area contributed by atoms with Crippen LogP contribution < -0.4 is 9.47 Å². The van der Waals surface area contributed by atoms with Crippen LogP contribution in [0.4, 0.5) is 0 Å². The van der Waals surface area contributed by atoms with E-state index in [9.17, 15) is 19.3 Å². The largest absolute Gasteiger partial charge is 0.494 e. The molecular weight excluding hydrogens is 507 g/mol. The number of benzene rings is 1. The SMILES string of the molecule is COc1cnc(OC)c2c1c(C(=O)C(O)N1CCN(C(=O)c3ccccc3)CC1)cn2COP(=O)(O)O. The second kappa shape index (κ2) is 11.0. The molecule has 1 aliphatic heterocycles. The predicted octanol–water partition coefficient (Wildman–Crippen LogP) is 1.08. The molecule has 3 heterocycles. The lowest BCUT2D eigenvalue weighted by Crippen LogP contribution is -2.54. The number of ether oxygens (including phenoxy) is 2. The smallest absolute Gasteiger partial charge is 0.471 e. The van der Waals surface area contributed by atoms with Crippen molar-refractivity contribution in [3.05, 3.63) is 53.9 Å². The van der Waals surface area contributed by atoms with Gasteiger partial charge < -0.3 is 33.8 Å². The van der Waals surface area contributed by atoms with Gasteiger partial charge in [0.2, 0.25) is 11.7 Å². The molecule has 0 radical (unpaired) electrons. The third kappa shape index (κ3) is 5.67. The van der Waals surface area contributed by atoms with E-state index in [0.29, 0.717) is 18.7 Å². The zero-order valence-corrected chi connectivity index (χ0v) is 21.1. The molecule has 3 N–H and O–H groups in total. The number of carbonyl (C=O) groups is 2. The van der Waals surface area contributed by atoms with Crippen molar-refractivity contribution >= 4 is 30.4 Å². The van der Waals surface area contributed by atoms with Crippen LogP contribution in [0.2, 0.25) is 0 Å². The summed E-state index contributed by atoms with van der Waals surface area (Å²) in [7, 11) is -2.11. The summed E-state index contributed by atoms with van der Waals surface area (Å²) < 4.78 is 27.8. The number of methoxy groups -OCH3 is 2. The van der Waals surface area contributed by atoms with Gasteiger partial charge in [0.15, 0.2) is 6.23 Å². The fourth-order valence-corrected chi connectivity index (χ4v) is 4.52. The van der Waals surface area contributed by atoms with Gasteiger partial charge in [-0.3, -0.25) is 19.0 Å². The Kier molecular flexibility index (Phi) is 7.93. The first-order valence-corrected chi connectivity index (χ1v) is 12.8. The highest BCUT2D eigenvalue weighted by atomic mass is 31.2. The van der Waals surface area contributed by atoms with Gasteiger partial charge in [0, 0.05) is 37.9 Å². The number of piperazine rings is 1. The van der Waals surface area contributed by atoms with E-state index in [2.05, 4.69) is 9.51 Å². The molecule has 13 nitrogen and oxygen atoms in total. The molecule has 1 saturated heterocycles. The summed E-state index contributed by atoms with van der Waals surface area (Å²) in [6.45, 7) is 0.532. The Balaban J connectivity index is 1.59. The molecule has 198 valence electrons. The van der Waals surface area contributed by atoms with Gasteiger partial charge in [-0.05, 0) is 12.1 Å². The molecule has 0 saturated carbocycles. The van der Waals surface area contributed by atoms with Crippen LogP contribution in [-0.4, -0.2) is 92.6 Å². The first kappa shape index (κ1) is 26.7. The van der Waals surface area contributed by atoms with Crippen LogP contribution in [0, 0.1) is 0 Å². The lowest BCUT2D eigenvalue weighted by atomic mass is 10.1. The van der Waals surface area contributed by atoms with E-state index in [4.69, 9.17) is 19.3 Å². The summed E-state index contributed by atoms with van der Waals surface area (Å²) in [5.41, 5.74) is 0.786. The van der Waals surface area contributed by atoms with E-state index in [-0.39, 0.29) is 47.1 Å². The minimum absolute atomic E-state index is 0.0251. The molecule has 1 unspecified atom stereocenters. The van der Waals surface area contributed by atoms with E-state index in [0.717, 1.165) is 0 Å². The van der Waals surface area contributed by atoms with Crippen molar-refractivity contribution in [2.45, 2.75) is 13.0 Å². The molecule has 4 rings (SSSR count). The molecule has 1 aliphatic rings. The number of hydrogen-bond acceptors (Lipinski definition) is 9. The van der Waals surface area contributed by atoms with Crippen LogP contribution in [-0.2, 0) is 15.8 Å². The molecule has 37 heavy (non-hydrogen) atoms. The highest BCUT2D eigenvalue weighted by Crippen LogP contribution is 2.40. The molecule has 0 bridgehead atoms. The molecule has 1 aromatic carbocycles. The molecule has 0 aliphatic carbocycles. The number of hydrogen-bond donors (Lipinski definition) is 3. The van der Waals surface area contributed by atoms with Gasteiger partial charge in [0.05, 0.1) is 31.4 Å². The summed E-state index contributed by atoms with van der Waals surface area (Å²) in [6.07, 6.45) is 1.10. The maximum absolute atomic E-state index is 13.5. The Hall–Kier alpha value is -3.32. The van der Waals surface area contributed by atoms with E-state index in [1.54, 1.807) is 34.1 Å². The zero-order chi connectivity index (χ0) is 26.7. The number of Topliss-reactive ketones (excluding diaryl/α,β-unsaturated/α-hetero) is 1. The second-order valence-corrected chi connectivity index (χ2v) is 9.49. The average Bonchev–Trinajstić information content (AvgIpc) is 3.30. The number of amides is 1. The van der Waals surface area contributed by atoms with E-state index < -0.39 is 26.6 Å². The number of carbonyl (C=O) groups excluding carboxylic acids is 2. The lowest BCUT2D eigenvalue weighted by Gasteiger charge is -2.36. The quantitative estimate of drug-likeness (QED) is 0.266. The monoisotopic (exact) mass is 534 g/mol. The zero-order valence-electron chi connectivity index (χ0n) is 20.2. The fourth-order valence-electron chi connectivity index (χ4n) is 4.25. The van der Waals surface area contributed by atoms with Crippen molar-refractivity contribution in [3.63, 3.8) is 0 Å². The first-order valence-electron chi connectivity index (χ1n) is 11.2. The number of aliphatic hydroxyl groups is 1. The maximum Gasteiger partial charge on any atom is 0.471 e. The predicted molar refractivity (Wildman–Crippen MR) is 130 cm³/mol. The van der Waals surface area contributed by atoms with Crippen LogP contribution in [0.1, 0.15) is 20.7 Å². The van der Waals surface area contributed by atoms with Gasteiger partial charge >= 0.3 is 7.82 Å². The van der Waals surface area contributed by atoms with Crippen LogP contribution in [0.5, 0.6) is 11.6 Å². The fraction of sp³-hybridized carbons (Fsp3) is 0.348. The summed E-state index contributed by atoms with van der Waals surface area (Å²) in [5, 5.41) is 11.2. The van der Waals surface area contributed by atoms with Crippen molar-refractivity contribution in [3.8, 4) is 11.6 Å². The van der Waals surface area contributed by atoms with E-state index in [1.165, 1.54) is 31.2 Å². The molecule has 14 heteroatoms. The van der Waals surface area contributed by atoms with Gasteiger partial charge in [0.1, 0.15) is 18.0 Å². The number of phosphoric acid groups is 1. The first-order chi connectivity index (χ1) is 17.6. The van der Waals surface area contributed by atoms with Gasteiger partial charge in [0.25, 0.3) is 5.91 Å². The van der Waals surface area contributed by atoms with Crippen molar-refractivity contribution in [1.29, 1.82) is 0 Å². The number of nitrogens with zero attached hydrogens (tertiary/aromatic N) is 4. The summed E-state index contributed by atoms with van der Waals surface area (Å²) >= 11 is 0. The summed E-state index contributed by atoms with van der Waals surface area (Å²) in [4.78, 5) is 51.8. The second-order valence-electron chi connectivity index (χ2n) is 8.25. The number of ketones is 1. The van der Waals surface area contributed by atoms with Gasteiger partial charge in [-0.15, -0.1) is 0 Å². The summed E-state index contributed by atoms with van der Waals surface area (Å²) in [5.74, 6) is -0.543. The molecule has 1 fully saturated rings. The minimum atomic E-state index is -4.83. The Bertz CT molecular complexity index is 1330. The Morgan fingerprint density at radius 3 is 2.35 bits per heavy atom. The van der Waals surface area contributed by atoms with Crippen molar-refractivity contribution < 1.29 is 43.0 Å². The van der Waals surface area contributed by atoms with E-state index in [1.807, 2.05) is 6.07 Å². The number of pyridine rings is 1. The van der Waals surface area contributed by atoms with Gasteiger partial charge in [-0.2, -0.15) is 0 Å². The van der Waals surface area contributed by atoms with Gasteiger partial charge in [-0.1, -0.05) is 18.2 Å². The molecule has 1 atom stereocenters. The normalized spacial score (nSPS) is 15.5. The molecular formula is C23H27N4O9P. The number of fused-ring (bicyclic) bond motifs is 1. The maximum atomic E-state index is 13.5. The number of phosphoric ester groups is 1. The average molecular weight is 534 g/mol. The van der Waals surface area contributed by atoms with Crippen molar-refractivity contribution in [1.82, 2.24) is 19.4 Å². The number of aromatic nitrogens is 2. The molecule has 3 aromatic rings. The highest BCUT2D eigenvalue weighted by Gasteiger charge is 2.33. The van der Waals surface area contributed by atoms with Crippen LogP contribution in [0.25, 0.3) is 10.9 Å². The number of aliphatic hydroxyl groups excluding tert-OH is 1. The Morgan fingerprint density at radius 2 is 1.76 bits per heavy atom. The van der Waals surface area contributed by atoms with Crippen molar-refractivity contribution in [2.24, 2.45) is 0 Å². The van der Waals surface area contributed by atoms with Crippen LogP contribution in [0.3, 0.4) is 0 Å².